The van der Waals surface area contributed by atoms with Crippen LogP contribution in [0, 0.1) is 0 Å². The Hall–Kier alpha value is -2.82. The number of para-hydroxylation sites is 2. The van der Waals surface area contributed by atoms with E-state index in [1.165, 1.54) is 6.92 Å². The Morgan fingerprint density at radius 3 is 2.28 bits per heavy atom. The summed E-state index contributed by atoms with van der Waals surface area (Å²) in [5.41, 5.74) is 1.75. The van der Waals surface area contributed by atoms with E-state index in [0.717, 1.165) is 5.56 Å². The monoisotopic (exact) mass is 340 g/mol. The van der Waals surface area contributed by atoms with Gasteiger partial charge in [0.25, 0.3) is 0 Å². The molecule has 0 radical (unpaired) electrons. The Morgan fingerprint density at radius 2 is 1.64 bits per heavy atom. The average Bonchev–Trinajstić information content (AvgIpc) is 2.62. The molecule has 5 nitrogen and oxygen atoms in total. The van der Waals surface area contributed by atoms with Gasteiger partial charge in [0.05, 0.1) is 12.8 Å². The highest BCUT2D eigenvalue weighted by molar-refractivity contribution is 5.93. The van der Waals surface area contributed by atoms with Crippen molar-refractivity contribution in [3.8, 4) is 5.75 Å². The quantitative estimate of drug-likeness (QED) is 0.778. The molecule has 2 amide bonds. The summed E-state index contributed by atoms with van der Waals surface area (Å²) in [5, 5.41) is 0. The molecule has 0 aromatic heterocycles. The van der Waals surface area contributed by atoms with Crippen molar-refractivity contribution in [2.75, 3.05) is 25.6 Å². The molecule has 0 aliphatic carbocycles. The summed E-state index contributed by atoms with van der Waals surface area (Å²) in [6.45, 7) is 2.35. The molecule has 0 spiro atoms. The minimum Gasteiger partial charge on any atom is -0.495 e. The van der Waals surface area contributed by atoms with Crippen molar-refractivity contribution in [2.24, 2.45) is 0 Å². The fourth-order valence-corrected chi connectivity index (χ4v) is 2.64. The lowest BCUT2D eigenvalue weighted by atomic mass is 10.2. The zero-order valence-corrected chi connectivity index (χ0v) is 14.9. The Labute approximate surface area is 148 Å². The van der Waals surface area contributed by atoms with Gasteiger partial charge in [-0.05, 0) is 17.7 Å². The van der Waals surface area contributed by atoms with E-state index in [-0.39, 0.29) is 18.2 Å². The fraction of sp³-hybridized carbons (Fsp3) is 0.300. The Bertz CT molecular complexity index is 716. The molecule has 0 aliphatic heterocycles. The first-order valence-corrected chi connectivity index (χ1v) is 8.22. The average molecular weight is 340 g/mol. The number of methoxy groups -OCH3 is 1. The van der Waals surface area contributed by atoms with Gasteiger partial charge in [0.1, 0.15) is 5.75 Å². The summed E-state index contributed by atoms with van der Waals surface area (Å²) in [7, 11) is 3.34. The van der Waals surface area contributed by atoms with Gasteiger partial charge >= 0.3 is 0 Å². The van der Waals surface area contributed by atoms with Gasteiger partial charge < -0.3 is 14.5 Å². The summed E-state index contributed by atoms with van der Waals surface area (Å²) in [6.07, 6.45) is 0.251. The van der Waals surface area contributed by atoms with Crippen molar-refractivity contribution in [1.82, 2.24) is 4.90 Å². The van der Waals surface area contributed by atoms with Gasteiger partial charge in [0.15, 0.2) is 0 Å². The van der Waals surface area contributed by atoms with E-state index in [1.54, 1.807) is 30.0 Å². The third-order valence-electron chi connectivity index (χ3n) is 3.99. The van der Waals surface area contributed by atoms with Gasteiger partial charge in [-0.1, -0.05) is 42.5 Å². The third-order valence-corrected chi connectivity index (χ3v) is 3.99. The highest BCUT2D eigenvalue weighted by atomic mass is 16.5. The number of benzene rings is 2. The number of carbonyl (C=O) groups excluding carboxylic acids is 2. The standard InChI is InChI=1S/C20H24N2O3/c1-16(23)22(18-11-7-8-12-19(18)25-3)14-13-20(24)21(2)15-17-9-5-4-6-10-17/h4-12H,13-15H2,1-3H3. The molecule has 2 aromatic carbocycles. The lowest BCUT2D eigenvalue weighted by Crippen LogP contribution is -2.34. The topological polar surface area (TPSA) is 49.9 Å². The van der Waals surface area contributed by atoms with Crippen molar-refractivity contribution in [3.05, 3.63) is 60.2 Å². The SMILES string of the molecule is COc1ccccc1N(CCC(=O)N(C)Cc1ccccc1)C(C)=O. The zero-order valence-electron chi connectivity index (χ0n) is 14.9. The van der Waals surface area contributed by atoms with Crippen molar-refractivity contribution in [2.45, 2.75) is 19.9 Å². The molecule has 0 aliphatic rings. The zero-order chi connectivity index (χ0) is 18.2. The van der Waals surface area contributed by atoms with Gasteiger partial charge in [0, 0.05) is 33.5 Å². The first-order chi connectivity index (χ1) is 12.0. The number of rotatable bonds is 7. The molecule has 0 heterocycles. The highest BCUT2D eigenvalue weighted by Crippen LogP contribution is 2.27. The summed E-state index contributed by atoms with van der Waals surface area (Å²) in [6, 6.07) is 17.1. The molecule has 0 N–H and O–H groups in total. The van der Waals surface area contributed by atoms with Gasteiger partial charge in [-0.2, -0.15) is 0 Å². The number of hydrogen-bond donors (Lipinski definition) is 0. The summed E-state index contributed by atoms with van der Waals surface area (Å²) >= 11 is 0. The number of anilines is 1. The lowest BCUT2D eigenvalue weighted by Gasteiger charge is -2.24. The number of ether oxygens (including phenoxy) is 1. The normalized spacial score (nSPS) is 10.2. The second kappa shape index (κ2) is 8.87. The molecule has 0 atom stereocenters. The number of nitrogens with zero attached hydrogens (tertiary/aromatic N) is 2. The van der Waals surface area contributed by atoms with E-state index in [4.69, 9.17) is 4.74 Å². The Kier molecular flexibility index (Phi) is 6.57. The number of carbonyl (C=O) groups is 2. The van der Waals surface area contributed by atoms with E-state index in [9.17, 15) is 9.59 Å². The van der Waals surface area contributed by atoms with Crippen LogP contribution in [0.2, 0.25) is 0 Å². The van der Waals surface area contributed by atoms with Crippen molar-refractivity contribution >= 4 is 17.5 Å². The summed E-state index contributed by atoms with van der Waals surface area (Å²) < 4.78 is 5.32. The minimum atomic E-state index is -0.122. The van der Waals surface area contributed by atoms with Crippen LogP contribution < -0.4 is 9.64 Å². The highest BCUT2D eigenvalue weighted by Gasteiger charge is 2.18. The molecule has 0 bridgehead atoms. The largest absolute Gasteiger partial charge is 0.495 e. The van der Waals surface area contributed by atoms with Gasteiger partial charge in [-0.25, -0.2) is 0 Å². The van der Waals surface area contributed by atoms with Crippen LogP contribution in [0.5, 0.6) is 5.75 Å². The molecule has 0 saturated carbocycles. The van der Waals surface area contributed by atoms with Crippen molar-refractivity contribution in [3.63, 3.8) is 0 Å². The first-order valence-electron chi connectivity index (χ1n) is 8.22. The van der Waals surface area contributed by atoms with Crippen LogP contribution in [0.15, 0.2) is 54.6 Å². The number of hydrogen-bond acceptors (Lipinski definition) is 3. The minimum absolute atomic E-state index is 0.00926. The smallest absolute Gasteiger partial charge is 0.224 e. The maximum atomic E-state index is 12.4. The maximum absolute atomic E-state index is 12.4. The van der Waals surface area contributed by atoms with E-state index < -0.39 is 0 Å². The second-order valence-corrected chi connectivity index (χ2v) is 5.83. The summed E-state index contributed by atoms with van der Waals surface area (Å²) in [5.74, 6) is 0.482. The molecule has 0 saturated heterocycles. The second-order valence-electron chi connectivity index (χ2n) is 5.83. The van der Waals surface area contributed by atoms with Gasteiger partial charge in [-0.3, -0.25) is 9.59 Å². The van der Waals surface area contributed by atoms with E-state index in [0.29, 0.717) is 24.5 Å². The third kappa shape index (κ3) is 5.08. The molecular formula is C20H24N2O3. The number of amides is 2. The molecular weight excluding hydrogens is 316 g/mol. The molecule has 2 aromatic rings. The molecule has 0 fully saturated rings. The predicted octanol–water partition coefficient (Wildman–Crippen LogP) is 3.10. The lowest BCUT2D eigenvalue weighted by molar-refractivity contribution is -0.130. The van der Waals surface area contributed by atoms with Crippen LogP contribution in [0.1, 0.15) is 18.9 Å². The van der Waals surface area contributed by atoms with Crippen LogP contribution in [0.3, 0.4) is 0 Å². The van der Waals surface area contributed by atoms with Crippen molar-refractivity contribution < 1.29 is 14.3 Å². The van der Waals surface area contributed by atoms with Crippen LogP contribution >= 0.6 is 0 Å². The summed E-state index contributed by atoms with van der Waals surface area (Å²) in [4.78, 5) is 27.7. The molecule has 132 valence electrons. The van der Waals surface area contributed by atoms with Gasteiger partial charge in [0.2, 0.25) is 11.8 Å². The van der Waals surface area contributed by atoms with E-state index in [1.807, 2.05) is 48.5 Å². The Morgan fingerprint density at radius 1 is 1.00 bits per heavy atom. The van der Waals surface area contributed by atoms with Crippen molar-refractivity contribution in [1.29, 1.82) is 0 Å². The molecule has 25 heavy (non-hydrogen) atoms. The molecule has 2 rings (SSSR count). The molecule has 0 unspecified atom stereocenters. The van der Waals surface area contributed by atoms with E-state index >= 15 is 0 Å². The van der Waals surface area contributed by atoms with Gasteiger partial charge in [-0.15, -0.1) is 0 Å². The van der Waals surface area contributed by atoms with Crippen LogP contribution in [0.4, 0.5) is 5.69 Å². The molecule has 5 heteroatoms. The van der Waals surface area contributed by atoms with Crippen LogP contribution in [0.25, 0.3) is 0 Å². The first kappa shape index (κ1) is 18.5. The van der Waals surface area contributed by atoms with E-state index in [2.05, 4.69) is 0 Å². The predicted molar refractivity (Wildman–Crippen MR) is 98.6 cm³/mol. The fourth-order valence-electron chi connectivity index (χ4n) is 2.64. The van der Waals surface area contributed by atoms with Crippen LogP contribution in [-0.4, -0.2) is 37.4 Å². The Balaban J connectivity index is 2.01. The maximum Gasteiger partial charge on any atom is 0.224 e. The van der Waals surface area contributed by atoms with Crippen LogP contribution in [-0.2, 0) is 16.1 Å².